The van der Waals surface area contributed by atoms with Gasteiger partial charge in [-0.25, -0.2) is 4.68 Å². The third-order valence-corrected chi connectivity index (χ3v) is 6.02. The molecule has 7 nitrogen and oxygen atoms in total. The molecule has 1 fully saturated rings. The summed E-state index contributed by atoms with van der Waals surface area (Å²) >= 11 is 5.97. The highest BCUT2D eigenvalue weighted by Crippen LogP contribution is 2.28. The van der Waals surface area contributed by atoms with Crippen LogP contribution in [-0.4, -0.2) is 59.2 Å². The summed E-state index contributed by atoms with van der Waals surface area (Å²) in [6, 6.07) is 9.30. The van der Waals surface area contributed by atoms with Gasteiger partial charge in [-0.15, -0.1) is 0 Å². The fraction of sp³-hybridized carbons (Fsp3) is 0.500. The van der Waals surface area contributed by atoms with Crippen LogP contribution in [0.4, 0.5) is 5.82 Å². The molecule has 3 heterocycles. The summed E-state index contributed by atoms with van der Waals surface area (Å²) in [5.41, 5.74) is 1.69. The van der Waals surface area contributed by atoms with E-state index in [0.29, 0.717) is 30.4 Å². The topological polar surface area (TPSA) is 70.5 Å². The quantitative estimate of drug-likeness (QED) is 0.766. The van der Waals surface area contributed by atoms with E-state index in [4.69, 9.17) is 11.6 Å². The highest BCUT2D eigenvalue weighted by molar-refractivity contribution is 6.30. The molecular formula is C22H28ClN5O2. The third-order valence-electron chi connectivity index (χ3n) is 5.76. The van der Waals surface area contributed by atoms with Crippen LogP contribution < -0.4 is 10.2 Å². The maximum absolute atomic E-state index is 12.5. The maximum atomic E-state index is 12.5. The zero-order valence-corrected chi connectivity index (χ0v) is 17.9. The molecule has 2 aliphatic heterocycles. The summed E-state index contributed by atoms with van der Waals surface area (Å²) in [5.74, 6) is 0.479. The van der Waals surface area contributed by atoms with Gasteiger partial charge < -0.3 is 10.2 Å². The number of aryl methyl sites for hydroxylation is 1. The maximum Gasteiger partial charge on any atom is 0.240 e. The fourth-order valence-electron chi connectivity index (χ4n) is 4.10. The van der Waals surface area contributed by atoms with Gasteiger partial charge in [0.05, 0.1) is 12.2 Å². The van der Waals surface area contributed by atoms with Crippen molar-refractivity contribution in [3.63, 3.8) is 0 Å². The van der Waals surface area contributed by atoms with Crippen molar-refractivity contribution >= 4 is 29.2 Å². The number of nitrogens with one attached hydrogen (secondary N) is 1. The van der Waals surface area contributed by atoms with Gasteiger partial charge in [0.2, 0.25) is 11.8 Å². The Morgan fingerprint density at radius 3 is 2.53 bits per heavy atom. The van der Waals surface area contributed by atoms with Crippen molar-refractivity contribution in [2.45, 2.75) is 38.6 Å². The van der Waals surface area contributed by atoms with E-state index < -0.39 is 0 Å². The molecule has 1 aromatic heterocycles. The Labute approximate surface area is 182 Å². The number of anilines is 1. The average Bonchev–Trinajstić information content (AvgIpc) is 3.00. The molecular weight excluding hydrogens is 402 g/mol. The Balaban J connectivity index is 1.37. The first kappa shape index (κ1) is 20.9. The number of amides is 2. The first-order valence-electron chi connectivity index (χ1n) is 10.7. The van der Waals surface area contributed by atoms with E-state index in [2.05, 4.69) is 15.3 Å². The normalized spacial score (nSPS) is 17.5. The molecule has 2 aromatic rings. The van der Waals surface area contributed by atoms with E-state index in [-0.39, 0.29) is 18.4 Å². The molecule has 30 heavy (non-hydrogen) atoms. The molecule has 0 spiro atoms. The van der Waals surface area contributed by atoms with E-state index >= 15 is 0 Å². The lowest BCUT2D eigenvalue weighted by Gasteiger charge is -2.27. The number of carbonyl (C=O) groups excluding carboxylic acids is 2. The molecule has 0 unspecified atom stereocenters. The number of halogens is 1. The Kier molecular flexibility index (Phi) is 6.69. The van der Waals surface area contributed by atoms with Crippen molar-refractivity contribution in [1.82, 2.24) is 20.0 Å². The van der Waals surface area contributed by atoms with Gasteiger partial charge in [0.1, 0.15) is 12.4 Å². The molecule has 0 radical (unpaired) electrons. The summed E-state index contributed by atoms with van der Waals surface area (Å²) in [4.78, 5) is 29.0. The first-order chi connectivity index (χ1) is 14.6. The highest BCUT2D eigenvalue weighted by Gasteiger charge is 2.28. The van der Waals surface area contributed by atoms with Crippen LogP contribution in [0.15, 0.2) is 30.3 Å². The summed E-state index contributed by atoms with van der Waals surface area (Å²) in [6.07, 6.45) is 5.40. The summed E-state index contributed by atoms with van der Waals surface area (Å²) in [6.45, 7) is 4.22. The number of likely N-dealkylation sites (tertiary alicyclic amines) is 1. The average molecular weight is 430 g/mol. The van der Waals surface area contributed by atoms with Crippen LogP contribution in [0.2, 0.25) is 5.02 Å². The molecule has 1 aromatic carbocycles. The third kappa shape index (κ3) is 5.02. The lowest BCUT2D eigenvalue weighted by Crippen LogP contribution is -2.45. The van der Waals surface area contributed by atoms with Gasteiger partial charge in [-0.1, -0.05) is 36.6 Å². The van der Waals surface area contributed by atoms with Crippen LogP contribution in [0, 0.1) is 0 Å². The first-order valence-corrected chi connectivity index (χ1v) is 11.1. The molecule has 1 N–H and O–H groups in total. The molecule has 160 valence electrons. The van der Waals surface area contributed by atoms with E-state index in [1.54, 1.807) is 4.68 Å². The lowest BCUT2D eigenvalue weighted by molar-refractivity contribution is -0.124. The zero-order chi connectivity index (χ0) is 20.9. The molecule has 0 saturated carbocycles. The smallest absolute Gasteiger partial charge is 0.240 e. The van der Waals surface area contributed by atoms with Crippen LogP contribution in [0.5, 0.6) is 0 Å². The standard InChI is InChI=1S/C22H28ClN5O2/c23-18-7-5-17(6-8-18)19-15-21-27(22(30)9-13-28(21)25-19)16-20(29)24-10-14-26-11-3-1-2-4-12-26/h5-8,15H,1-4,9-14,16H2,(H,24,29). The largest absolute Gasteiger partial charge is 0.353 e. The van der Waals surface area contributed by atoms with Gasteiger partial charge >= 0.3 is 0 Å². The number of rotatable bonds is 6. The Bertz CT molecular complexity index is 887. The van der Waals surface area contributed by atoms with Gasteiger partial charge in [0.15, 0.2) is 0 Å². The Morgan fingerprint density at radius 2 is 1.80 bits per heavy atom. The number of carbonyl (C=O) groups is 2. The van der Waals surface area contributed by atoms with Crippen molar-refractivity contribution in [3.8, 4) is 11.3 Å². The van der Waals surface area contributed by atoms with Crippen molar-refractivity contribution in [1.29, 1.82) is 0 Å². The lowest BCUT2D eigenvalue weighted by atomic mass is 10.1. The molecule has 1 saturated heterocycles. The number of aromatic nitrogens is 2. The van der Waals surface area contributed by atoms with Crippen molar-refractivity contribution in [2.24, 2.45) is 0 Å². The molecule has 0 bridgehead atoms. The summed E-state index contributed by atoms with van der Waals surface area (Å²) in [5, 5.41) is 8.25. The van der Waals surface area contributed by atoms with Gasteiger partial charge in [-0.2, -0.15) is 5.10 Å². The van der Waals surface area contributed by atoms with E-state index in [1.807, 2.05) is 30.3 Å². The van der Waals surface area contributed by atoms with Crippen LogP contribution in [0.1, 0.15) is 32.1 Å². The molecule has 8 heteroatoms. The second-order valence-corrected chi connectivity index (χ2v) is 8.39. The fourth-order valence-corrected chi connectivity index (χ4v) is 4.22. The predicted octanol–water partition coefficient (Wildman–Crippen LogP) is 2.93. The van der Waals surface area contributed by atoms with E-state index in [1.165, 1.54) is 30.6 Å². The van der Waals surface area contributed by atoms with Gasteiger partial charge in [-0.05, 0) is 38.1 Å². The van der Waals surface area contributed by atoms with Crippen LogP contribution in [-0.2, 0) is 16.1 Å². The second-order valence-electron chi connectivity index (χ2n) is 7.95. The Morgan fingerprint density at radius 1 is 1.07 bits per heavy atom. The minimum absolute atomic E-state index is 0.0184. The van der Waals surface area contributed by atoms with E-state index in [0.717, 1.165) is 30.9 Å². The van der Waals surface area contributed by atoms with Crippen LogP contribution in [0.25, 0.3) is 11.3 Å². The zero-order valence-electron chi connectivity index (χ0n) is 17.1. The number of hydrogen-bond donors (Lipinski definition) is 1. The van der Waals surface area contributed by atoms with Gasteiger partial charge in [0.25, 0.3) is 0 Å². The molecule has 0 atom stereocenters. The SMILES string of the molecule is O=C(CN1C(=O)CCn2nc(-c3ccc(Cl)cc3)cc21)NCCN1CCCCCC1. The monoisotopic (exact) mass is 429 g/mol. The van der Waals surface area contributed by atoms with Crippen LogP contribution in [0.3, 0.4) is 0 Å². The second kappa shape index (κ2) is 9.62. The summed E-state index contributed by atoms with van der Waals surface area (Å²) < 4.78 is 1.80. The Hall–Kier alpha value is -2.38. The predicted molar refractivity (Wildman–Crippen MR) is 118 cm³/mol. The molecule has 2 amide bonds. The minimum atomic E-state index is -0.138. The number of benzene rings is 1. The van der Waals surface area contributed by atoms with E-state index in [9.17, 15) is 9.59 Å². The number of hydrogen-bond acceptors (Lipinski definition) is 4. The van der Waals surface area contributed by atoms with Gasteiger partial charge in [0, 0.05) is 36.2 Å². The van der Waals surface area contributed by atoms with Gasteiger partial charge in [-0.3, -0.25) is 14.5 Å². The number of fused-ring (bicyclic) bond motifs is 1. The number of nitrogens with zero attached hydrogens (tertiary/aromatic N) is 4. The molecule has 4 rings (SSSR count). The van der Waals surface area contributed by atoms with Crippen molar-refractivity contribution in [2.75, 3.05) is 37.6 Å². The van der Waals surface area contributed by atoms with Crippen molar-refractivity contribution < 1.29 is 9.59 Å². The summed E-state index contributed by atoms with van der Waals surface area (Å²) in [7, 11) is 0. The van der Waals surface area contributed by atoms with Crippen LogP contribution >= 0.6 is 11.6 Å². The van der Waals surface area contributed by atoms with Crippen molar-refractivity contribution in [3.05, 3.63) is 35.4 Å². The molecule has 0 aliphatic carbocycles. The minimum Gasteiger partial charge on any atom is -0.353 e. The highest BCUT2D eigenvalue weighted by atomic mass is 35.5. The molecule has 2 aliphatic rings.